The Labute approximate surface area is 108 Å². The Kier molecular flexibility index (Phi) is 6.07. The predicted octanol–water partition coefficient (Wildman–Crippen LogP) is -0.745. The number of carbonyl (C=O) groups is 2. The highest BCUT2D eigenvalue weighted by atomic mass is 16.5. The normalized spacial score (nSPS) is 17.5. The van der Waals surface area contributed by atoms with Crippen molar-refractivity contribution in [1.82, 2.24) is 14.7 Å². The molecule has 1 heterocycles. The molecule has 0 atom stereocenters. The van der Waals surface area contributed by atoms with Crippen LogP contribution in [0.4, 0.5) is 0 Å². The average molecular weight is 257 g/mol. The number of piperazine rings is 1. The van der Waals surface area contributed by atoms with E-state index in [9.17, 15) is 9.59 Å². The van der Waals surface area contributed by atoms with E-state index < -0.39 is 0 Å². The van der Waals surface area contributed by atoms with Crippen molar-refractivity contribution >= 4 is 11.9 Å². The molecule has 1 rings (SSSR count). The van der Waals surface area contributed by atoms with Gasteiger partial charge in [-0.3, -0.25) is 14.5 Å². The van der Waals surface area contributed by atoms with Crippen LogP contribution in [0.3, 0.4) is 0 Å². The van der Waals surface area contributed by atoms with Gasteiger partial charge in [0.2, 0.25) is 5.91 Å². The first-order valence-corrected chi connectivity index (χ1v) is 6.33. The van der Waals surface area contributed by atoms with Crippen LogP contribution in [0.15, 0.2) is 0 Å². The molecule has 6 nitrogen and oxygen atoms in total. The Morgan fingerprint density at radius 3 is 2.39 bits per heavy atom. The minimum Gasteiger partial charge on any atom is -0.465 e. The summed E-state index contributed by atoms with van der Waals surface area (Å²) in [7, 11) is 3.71. The lowest BCUT2D eigenvalue weighted by Gasteiger charge is -2.32. The van der Waals surface area contributed by atoms with Crippen molar-refractivity contribution in [2.45, 2.75) is 6.92 Å². The lowest BCUT2D eigenvalue weighted by atomic mass is 10.3. The van der Waals surface area contributed by atoms with E-state index in [0.29, 0.717) is 13.2 Å². The second-order valence-electron chi connectivity index (χ2n) is 4.63. The molecule has 0 radical (unpaired) electrons. The van der Waals surface area contributed by atoms with Gasteiger partial charge >= 0.3 is 5.97 Å². The number of rotatable bonds is 5. The van der Waals surface area contributed by atoms with Crippen LogP contribution < -0.4 is 0 Å². The summed E-state index contributed by atoms with van der Waals surface area (Å²) in [6, 6.07) is 0. The van der Waals surface area contributed by atoms with E-state index in [1.807, 2.05) is 0 Å². The summed E-state index contributed by atoms with van der Waals surface area (Å²) in [4.78, 5) is 28.9. The van der Waals surface area contributed by atoms with Crippen LogP contribution in [0.1, 0.15) is 6.92 Å². The maximum Gasteiger partial charge on any atom is 0.325 e. The fourth-order valence-electron chi connectivity index (χ4n) is 1.81. The van der Waals surface area contributed by atoms with Crippen molar-refractivity contribution in [2.75, 3.05) is 60.0 Å². The number of esters is 1. The van der Waals surface area contributed by atoms with Gasteiger partial charge in [-0.2, -0.15) is 0 Å². The van der Waals surface area contributed by atoms with Gasteiger partial charge in [0, 0.05) is 33.2 Å². The third-order valence-corrected chi connectivity index (χ3v) is 3.05. The molecule has 0 aliphatic carbocycles. The van der Waals surface area contributed by atoms with Crippen molar-refractivity contribution in [1.29, 1.82) is 0 Å². The number of ether oxygens (including phenoxy) is 1. The van der Waals surface area contributed by atoms with Crippen LogP contribution in [0.2, 0.25) is 0 Å². The zero-order valence-corrected chi connectivity index (χ0v) is 11.5. The van der Waals surface area contributed by atoms with Crippen LogP contribution in [0, 0.1) is 0 Å². The fraction of sp³-hybridized carbons (Fsp3) is 0.833. The van der Waals surface area contributed by atoms with Crippen LogP contribution in [0.5, 0.6) is 0 Å². The van der Waals surface area contributed by atoms with Gasteiger partial charge in [0.25, 0.3) is 0 Å². The molecule has 104 valence electrons. The van der Waals surface area contributed by atoms with Crippen molar-refractivity contribution in [3.05, 3.63) is 0 Å². The summed E-state index contributed by atoms with van der Waals surface area (Å²) in [6.45, 7) is 6.27. The van der Waals surface area contributed by atoms with Gasteiger partial charge in [-0.05, 0) is 14.0 Å². The second kappa shape index (κ2) is 7.33. The highest BCUT2D eigenvalue weighted by Gasteiger charge is 2.19. The third-order valence-electron chi connectivity index (χ3n) is 3.05. The van der Waals surface area contributed by atoms with E-state index in [1.54, 1.807) is 14.0 Å². The Morgan fingerprint density at radius 2 is 1.83 bits per heavy atom. The van der Waals surface area contributed by atoms with Gasteiger partial charge in [-0.1, -0.05) is 0 Å². The molecular weight excluding hydrogens is 234 g/mol. The smallest absolute Gasteiger partial charge is 0.325 e. The maximum atomic E-state index is 11.9. The first kappa shape index (κ1) is 14.9. The maximum absolute atomic E-state index is 11.9. The van der Waals surface area contributed by atoms with E-state index >= 15 is 0 Å². The van der Waals surface area contributed by atoms with E-state index in [2.05, 4.69) is 16.8 Å². The molecule has 0 N–H and O–H groups in total. The van der Waals surface area contributed by atoms with Crippen LogP contribution >= 0.6 is 0 Å². The summed E-state index contributed by atoms with van der Waals surface area (Å²) >= 11 is 0. The first-order chi connectivity index (χ1) is 8.52. The monoisotopic (exact) mass is 257 g/mol. The topological polar surface area (TPSA) is 53.1 Å². The molecule has 1 aliphatic rings. The fourth-order valence-corrected chi connectivity index (χ4v) is 1.81. The van der Waals surface area contributed by atoms with Crippen molar-refractivity contribution < 1.29 is 14.3 Å². The largest absolute Gasteiger partial charge is 0.465 e. The molecule has 0 aromatic carbocycles. The summed E-state index contributed by atoms with van der Waals surface area (Å²) < 4.78 is 4.81. The quantitative estimate of drug-likeness (QED) is 0.607. The number of amides is 1. The Hall–Kier alpha value is -1.14. The molecule has 0 saturated carbocycles. The Balaban J connectivity index is 2.29. The summed E-state index contributed by atoms with van der Waals surface area (Å²) in [5.74, 6) is -0.390. The highest BCUT2D eigenvalue weighted by Crippen LogP contribution is 2.00. The average Bonchev–Trinajstić information content (AvgIpc) is 2.32. The zero-order valence-electron chi connectivity index (χ0n) is 11.5. The standard InChI is InChI=1S/C12H23N3O3/c1-4-18-12(17)10-14(3)11(16)9-15-7-5-13(2)6-8-15/h4-10H2,1-3H3. The number of carbonyl (C=O) groups excluding carboxylic acids is 2. The lowest BCUT2D eigenvalue weighted by Crippen LogP contribution is -2.48. The van der Waals surface area contributed by atoms with Gasteiger partial charge < -0.3 is 14.5 Å². The molecule has 0 bridgehead atoms. The molecule has 0 unspecified atom stereocenters. The van der Waals surface area contributed by atoms with E-state index in [0.717, 1.165) is 26.2 Å². The Morgan fingerprint density at radius 1 is 1.22 bits per heavy atom. The van der Waals surface area contributed by atoms with Crippen molar-refractivity contribution in [3.63, 3.8) is 0 Å². The second-order valence-corrected chi connectivity index (χ2v) is 4.63. The van der Waals surface area contributed by atoms with Gasteiger partial charge in [0.05, 0.1) is 13.2 Å². The number of nitrogens with zero attached hydrogens (tertiary/aromatic N) is 3. The summed E-state index contributed by atoms with van der Waals surface area (Å²) in [5, 5.41) is 0. The van der Waals surface area contributed by atoms with Gasteiger partial charge in [0.1, 0.15) is 6.54 Å². The van der Waals surface area contributed by atoms with Crippen molar-refractivity contribution in [2.24, 2.45) is 0 Å². The molecular formula is C12H23N3O3. The lowest BCUT2D eigenvalue weighted by molar-refractivity contribution is -0.148. The highest BCUT2D eigenvalue weighted by molar-refractivity contribution is 5.83. The van der Waals surface area contributed by atoms with Gasteiger partial charge in [-0.15, -0.1) is 0 Å². The molecule has 1 saturated heterocycles. The van der Waals surface area contributed by atoms with E-state index in [-0.39, 0.29) is 18.4 Å². The minimum absolute atomic E-state index is 0.0282. The molecule has 6 heteroatoms. The molecule has 1 amide bonds. The third kappa shape index (κ3) is 5.01. The Bertz CT molecular complexity index is 288. The predicted molar refractivity (Wildman–Crippen MR) is 68.2 cm³/mol. The molecule has 18 heavy (non-hydrogen) atoms. The molecule has 0 aromatic heterocycles. The van der Waals surface area contributed by atoms with Gasteiger partial charge in [0.15, 0.2) is 0 Å². The molecule has 1 aliphatic heterocycles. The van der Waals surface area contributed by atoms with Gasteiger partial charge in [-0.25, -0.2) is 0 Å². The molecule has 0 aromatic rings. The number of likely N-dealkylation sites (N-methyl/N-ethyl adjacent to an activating group) is 2. The SMILES string of the molecule is CCOC(=O)CN(C)C(=O)CN1CCN(C)CC1. The zero-order chi connectivity index (χ0) is 13.5. The molecule has 1 fully saturated rings. The minimum atomic E-state index is -0.355. The summed E-state index contributed by atoms with van der Waals surface area (Å²) in [5.41, 5.74) is 0. The van der Waals surface area contributed by atoms with Crippen LogP contribution in [-0.4, -0.2) is 86.5 Å². The van der Waals surface area contributed by atoms with Crippen LogP contribution in [0.25, 0.3) is 0 Å². The number of hydrogen-bond donors (Lipinski definition) is 0. The molecule has 0 spiro atoms. The number of hydrogen-bond acceptors (Lipinski definition) is 5. The van der Waals surface area contributed by atoms with Crippen molar-refractivity contribution in [3.8, 4) is 0 Å². The summed E-state index contributed by atoms with van der Waals surface area (Å²) in [6.07, 6.45) is 0. The van der Waals surface area contributed by atoms with E-state index in [1.165, 1.54) is 4.90 Å². The van der Waals surface area contributed by atoms with Crippen LogP contribution in [-0.2, 0) is 14.3 Å². The van der Waals surface area contributed by atoms with E-state index in [4.69, 9.17) is 4.74 Å². The first-order valence-electron chi connectivity index (χ1n) is 6.33.